The zero-order valence-corrected chi connectivity index (χ0v) is 17.2. The van der Waals surface area contributed by atoms with Gasteiger partial charge in [-0.1, -0.05) is 18.6 Å². The van der Waals surface area contributed by atoms with Gasteiger partial charge in [0.2, 0.25) is 10.0 Å². The molecule has 1 fully saturated rings. The van der Waals surface area contributed by atoms with E-state index in [0.717, 1.165) is 50.3 Å². The molecule has 0 amide bonds. The summed E-state index contributed by atoms with van der Waals surface area (Å²) < 4.78 is 32.0. The van der Waals surface area contributed by atoms with Gasteiger partial charge in [-0.3, -0.25) is 0 Å². The highest BCUT2D eigenvalue weighted by atomic mass is 32.2. The van der Waals surface area contributed by atoms with Gasteiger partial charge in [0.05, 0.1) is 11.4 Å². The minimum absolute atomic E-state index is 0.363. The van der Waals surface area contributed by atoms with Gasteiger partial charge in [0.1, 0.15) is 0 Å². The Kier molecular flexibility index (Phi) is 9.03. The molecule has 0 aromatic heterocycles. The third-order valence-electron chi connectivity index (χ3n) is 4.46. The standard InChI is InChI=1S/C19H32N4O3S/c1-3-20-19(21-12-7-15-26-2)22-16-17-8-10-18(11-9-17)27(24,25)23-13-5-4-6-14-23/h8-11H,3-7,12-16H2,1-2H3,(H2,20,21,22). The molecule has 0 unspecified atom stereocenters. The Morgan fingerprint density at radius 3 is 2.48 bits per heavy atom. The molecular weight excluding hydrogens is 364 g/mol. The summed E-state index contributed by atoms with van der Waals surface area (Å²) in [4.78, 5) is 4.92. The van der Waals surface area contributed by atoms with E-state index in [1.807, 2.05) is 19.1 Å². The minimum Gasteiger partial charge on any atom is -0.385 e. The molecule has 1 saturated heterocycles. The zero-order chi connectivity index (χ0) is 19.5. The number of sulfonamides is 1. The maximum absolute atomic E-state index is 12.7. The van der Waals surface area contributed by atoms with E-state index < -0.39 is 10.0 Å². The van der Waals surface area contributed by atoms with Gasteiger partial charge in [-0.15, -0.1) is 0 Å². The second-order valence-corrected chi connectivity index (χ2v) is 8.51. The lowest BCUT2D eigenvalue weighted by Crippen LogP contribution is -2.38. The fourth-order valence-corrected chi connectivity index (χ4v) is 4.47. The predicted molar refractivity (Wildman–Crippen MR) is 108 cm³/mol. The van der Waals surface area contributed by atoms with Crippen LogP contribution in [0.3, 0.4) is 0 Å². The Morgan fingerprint density at radius 1 is 1.15 bits per heavy atom. The van der Waals surface area contributed by atoms with Crippen molar-refractivity contribution in [1.82, 2.24) is 14.9 Å². The number of nitrogens with one attached hydrogen (secondary N) is 2. The van der Waals surface area contributed by atoms with Crippen molar-refractivity contribution in [3.63, 3.8) is 0 Å². The van der Waals surface area contributed by atoms with E-state index in [0.29, 0.717) is 31.1 Å². The zero-order valence-electron chi connectivity index (χ0n) is 16.4. The predicted octanol–water partition coefficient (Wildman–Crippen LogP) is 1.95. The van der Waals surface area contributed by atoms with Crippen molar-refractivity contribution < 1.29 is 13.2 Å². The van der Waals surface area contributed by atoms with Crippen LogP contribution in [0, 0.1) is 0 Å². The molecule has 27 heavy (non-hydrogen) atoms. The molecule has 0 radical (unpaired) electrons. The Labute approximate surface area is 163 Å². The Bertz CT molecular complexity index is 683. The average molecular weight is 397 g/mol. The second-order valence-electron chi connectivity index (χ2n) is 6.58. The number of benzene rings is 1. The molecule has 1 aliphatic rings. The average Bonchev–Trinajstić information content (AvgIpc) is 2.70. The van der Waals surface area contributed by atoms with Crippen molar-refractivity contribution in [2.75, 3.05) is 39.9 Å². The van der Waals surface area contributed by atoms with E-state index >= 15 is 0 Å². The van der Waals surface area contributed by atoms with E-state index in [2.05, 4.69) is 15.6 Å². The molecule has 0 saturated carbocycles. The summed E-state index contributed by atoms with van der Waals surface area (Å²) in [6.07, 6.45) is 3.90. The van der Waals surface area contributed by atoms with Crippen LogP contribution in [0.5, 0.6) is 0 Å². The van der Waals surface area contributed by atoms with Crippen LogP contribution < -0.4 is 10.6 Å². The van der Waals surface area contributed by atoms with Crippen molar-refractivity contribution in [1.29, 1.82) is 0 Å². The smallest absolute Gasteiger partial charge is 0.243 e. The first-order chi connectivity index (χ1) is 13.1. The fraction of sp³-hybridized carbons (Fsp3) is 0.632. The Balaban J connectivity index is 1.96. The summed E-state index contributed by atoms with van der Waals surface area (Å²) in [6, 6.07) is 7.06. The topological polar surface area (TPSA) is 83.0 Å². The van der Waals surface area contributed by atoms with Crippen LogP contribution in [0.1, 0.15) is 38.2 Å². The van der Waals surface area contributed by atoms with Crippen LogP contribution in [0.2, 0.25) is 0 Å². The lowest BCUT2D eigenvalue weighted by atomic mass is 10.2. The van der Waals surface area contributed by atoms with Gasteiger partial charge in [0.25, 0.3) is 0 Å². The van der Waals surface area contributed by atoms with Gasteiger partial charge < -0.3 is 15.4 Å². The first kappa shape index (κ1) is 21.7. The number of hydrogen-bond donors (Lipinski definition) is 2. The normalized spacial score (nSPS) is 16.3. The van der Waals surface area contributed by atoms with Crippen LogP contribution >= 0.6 is 0 Å². The van der Waals surface area contributed by atoms with Gasteiger partial charge in [-0.2, -0.15) is 4.31 Å². The summed E-state index contributed by atoms with van der Waals surface area (Å²) in [5.74, 6) is 0.749. The highest BCUT2D eigenvalue weighted by Gasteiger charge is 2.25. The number of ether oxygens (including phenoxy) is 1. The number of methoxy groups -OCH3 is 1. The molecule has 0 spiro atoms. The highest BCUT2D eigenvalue weighted by Crippen LogP contribution is 2.21. The van der Waals surface area contributed by atoms with Crippen LogP contribution in [0.25, 0.3) is 0 Å². The molecule has 2 N–H and O–H groups in total. The fourth-order valence-electron chi connectivity index (χ4n) is 2.96. The van der Waals surface area contributed by atoms with Gasteiger partial charge >= 0.3 is 0 Å². The van der Waals surface area contributed by atoms with E-state index in [1.165, 1.54) is 0 Å². The van der Waals surface area contributed by atoms with Gasteiger partial charge in [-0.05, 0) is 43.9 Å². The van der Waals surface area contributed by atoms with E-state index in [-0.39, 0.29) is 0 Å². The van der Waals surface area contributed by atoms with Crippen LogP contribution in [-0.4, -0.2) is 58.6 Å². The third-order valence-corrected chi connectivity index (χ3v) is 6.37. The lowest BCUT2D eigenvalue weighted by Gasteiger charge is -2.25. The number of guanidine groups is 1. The van der Waals surface area contributed by atoms with Crippen molar-refractivity contribution in [3.8, 4) is 0 Å². The summed E-state index contributed by atoms with van der Waals surface area (Å²) in [5, 5.41) is 6.46. The van der Waals surface area contributed by atoms with Gasteiger partial charge in [-0.25, -0.2) is 13.4 Å². The number of piperidine rings is 1. The van der Waals surface area contributed by atoms with E-state index in [9.17, 15) is 8.42 Å². The van der Waals surface area contributed by atoms with Crippen LogP contribution in [0.15, 0.2) is 34.2 Å². The molecule has 7 nitrogen and oxygen atoms in total. The maximum Gasteiger partial charge on any atom is 0.243 e. The molecule has 1 heterocycles. The Morgan fingerprint density at radius 2 is 1.85 bits per heavy atom. The quantitative estimate of drug-likeness (QED) is 0.379. The molecule has 1 aromatic rings. The molecular formula is C19H32N4O3S. The maximum atomic E-state index is 12.7. The molecule has 0 aliphatic carbocycles. The van der Waals surface area contributed by atoms with E-state index in [1.54, 1.807) is 23.5 Å². The number of rotatable bonds is 9. The third kappa shape index (κ3) is 6.79. The van der Waals surface area contributed by atoms with Crippen molar-refractivity contribution in [2.45, 2.75) is 44.0 Å². The number of nitrogens with zero attached hydrogens (tertiary/aromatic N) is 2. The number of aliphatic imine (C=N–C) groups is 1. The first-order valence-electron chi connectivity index (χ1n) is 9.68. The second kappa shape index (κ2) is 11.3. The van der Waals surface area contributed by atoms with Crippen molar-refractivity contribution >= 4 is 16.0 Å². The van der Waals surface area contributed by atoms with Gasteiger partial charge in [0.15, 0.2) is 5.96 Å². The van der Waals surface area contributed by atoms with Gasteiger partial charge in [0, 0.05) is 39.9 Å². The number of hydrogen-bond acceptors (Lipinski definition) is 4. The molecule has 152 valence electrons. The van der Waals surface area contributed by atoms with Crippen molar-refractivity contribution in [2.24, 2.45) is 4.99 Å². The summed E-state index contributed by atoms with van der Waals surface area (Å²) in [5.41, 5.74) is 0.974. The van der Waals surface area contributed by atoms with Crippen LogP contribution in [0.4, 0.5) is 0 Å². The monoisotopic (exact) mass is 396 g/mol. The summed E-state index contributed by atoms with van der Waals surface area (Å²) in [6.45, 7) is 6.02. The van der Waals surface area contributed by atoms with E-state index in [4.69, 9.17) is 4.74 Å². The SMILES string of the molecule is CCNC(=NCc1ccc(S(=O)(=O)N2CCCCC2)cc1)NCCCOC. The molecule has 2 rings (SSSR count). The Hall–Kier alpha value is -1.64. The highest BCUT2D eigenvalue weighted by molar-refractivity contribution is 7.89. The molecule has 0 bridgehead atoms. The van der Waals surface area contributed by atoms with Crippen LogP contribution in [-0.2, 0) is 21.3 Å². The molecule has 1 aromatic carbocycles. The molecule has 1 aliphatic heterocycles. The summed E-state index contributed by atoms with van der Waals surface area (Å²) >= 11 is 0. The largest absolute Gasteiger partial charge is 0.385 e. The molecule has 0 atom stereocenters. The minimum atomic E-state index is -3.38. The first-order valence-corrected chi connectivity index (χ1v) is 11.1. The molecule has 8 heteroatoms. The summed E-state index contributed by atoms with van der Waals surface area (Å²) in [7, 11) is -1.69. The lowest BCUT2D eigenvalue weighted by molar-refractivity contribution is 0.195. The van der Waals surface area contributed by atoms with Crippen molar-refractivity contribution in [3.05, 3.63) is 29.8 Å².